The van der Waals surface area contributed by atoms with Crippen molar-refractivity contribution in [3.63, 3.8) is 0 Å². The largest absolute Gasteiger partial charge is 0.399 e. The third-order valence-electron chi connectivity index (χ3n) is 3.38. The number of aromatic nitrogens is 1. The normalized spacial score (nSPS) is 10.8. The minimum absolute atomic E-state index is 0.815. The highest BCUT2D eigenvalue weighted by Crippen LogP contribution is 2.17. The fourth-order valence-corrected chi connectivity index (χ4v) is 2.22. The summed E-state index contributed by atoms with van der Waals surface area (Å²) >= 11 is 0. The molecule has 1 aromatic heterocycles. The third kappa shape index (κ3) is 2.43. The SMILES string of the molecule is Cc1ccc(Cc2ccc3ccccc3n2)cc1N. The van der Waals surface area contributed by atoms with Crippen molar-refractivity contribution >= 4 is 16.6 Å². The van der Waals surface area contributed by atoms with Gasteiger partial charge in [-0.1, -0.05) is 36.4 Å². The molecule has 0 saturated heterocycles. The van der Waals surface area contributed by atoms with E-state index in [4.69, 9.17) is 5.73 Å². The van der Waals surface area contributed by atoms with Crippen LogP contribution < -0.4 is 5.73 Å². The van der Waals surface area contributed by atoms with Gasteiger partial charge in [0.1, 0.15) is 0 Å². The lowest BCUT2D eigenvalue weighted by Crippen LogP contribution is -1.96. The first kappa shape index (κ1) is 11.7. The van der Waals surface area contributed by atoms with Crippen molar-refractivity contribution < 1.29 is 0 Å². The van der Waals surface area contributed by atoms with Gasteiger partial charge in [0, 0.05) is 23.2 Å². The predicted molar refractivity (Wildman–Crippen MR) is 80.1 cm³/mol. The first-order valence-corrected chi connectivity index (χ1v) is 6.42. The van der Waals surface area contributed by atoms with Gasteiger partial charge in [-0.15, -0.1) is 0 Å². The Morgan fingerprint density at radius 2 is 1.84 bits per heavy atom. The number of benzene rings is 2. The highest BCUT2D eigenvalue weighted by atomic mass is 14.7. The molecule has 0 atom stereocenters. The molecule has 1 heterocycles. The molecule has 0 aliphatic rings. The second kappa shape index (κ2) is 4.73. The van der Waals surface area contributed by atoms with Crippen LogP contribution in [0, 0.1) is 6.92 Å². The van der Waals surface area contributed by atoms with Crippen molar-refractivity contribution in [2.75, 3.05) is 5.73 Å². The molecule has 19 heavy (non-hydrogen) atoms. The number of aryl methyl sites for hydroxylation is 1. The molecular formula is C17H16N2. The van der Waals surface area contributed by atoms with E-state index < -0.39 is 0 Å². The van der Waals surface area contributed by atoms with Gasteiger partial charge in [-0.3, -0.25) is 4.98 Å². The highest BCUT2D eigenvalue weighted by molar-refractivity contribution is 5.78. The number of nitrogens with zero attached hydrogens (tertiary/aromatic N) is 1. The molecule has 2 heteroatoms. The molecule has 0 fully saturated rings. The zero-order chi connectivity index (χ0) is 13.2. The standard InChI is InChI=1S/C17H16N2/c1-12-6-7-13(11-16(12)18)10-15-9-8-14-4-2-3-5-17(14)19-15/h2-9,11H,10,18H2,1H3. The number of rotatable bonds is 2. The summed E-state index contributed by atoms with van der Waals surface area (Å²) in [5.74, 6) is 0. The number of nitrogen functional groups attached to an aromatic ring is 1. The lowest BCUT2D eigenvalue weighted by molar-refractivity contribution is 1.10. The number of hydrogen-bond acceptors (Lipinski definition) is 2. The minimum atomic E-state index is 0.815. The Balaban J connectivity index is 1.94. The van der Waals surface area contributed by atoms with Crippen molar-refractivity contribution in [3.8, 4) is 0 Å². The van der Waals surface area contributed by atoms with E-state index in [1.807, 2.05) is 31.2 Å². The van der Waals surface area contributed by atoms with Gasteiger partial charge >= 0.3 is 0 Å². The summed E-state index contributed by atoms with van der Waals surface area (Å²) in [4.78, 5) is 4.68. The Morgan fingerprint density at radius 1 is 1.00 bits per heavy atom. The first-order chi connectivity index (χ1) is 9.22. The van der Waals surface area contributed by atoms with Crippen molar-refractivity contribution in [1.82, 2.24) is 4.98 Å². The maximum atomic E-state index is 5.94. The molecule has 0 amide bonds. The molecule has 0 aliphatic heterocycles. The average molecular weight is 248 g/mol. The Bertz CT molecular complexity index is 732. The summed E-state index contributed by atoms with van der Waals surface area (Å²) in [5.41, 5.74) is 11.2. The summed E-state index contributed by atoms with van der Waals surface area (Å²) in [6.07, 6.45) is 0.815. The number of anilines is 1. The molecule has 3 rings (SSSR count). The van der Waals surface area contributed by atoms with Crippen LogP contribution in [0.4, 0.5) is 5.69 Å². The molecular weight excluding hydrogens is 232 g/mol. The molecule has 0 aliphatic carbocycles. The van der Waals surface area contributed by atoms with E-state index in [-0.39, 0.29) is 0 Å². The van der Waals surface area contributed by atoms with E-state index >= 15 is 0 Å². The molecule has 94 valence electrons. The first-order valence-electron chi connectivity index (χ1n) is 6.42. The minimum Gasteiger partial charge on any atom is -0.399 e. The van der Waals surface area contributed by atoms with Crippen LogP contribution in [-0.4, -0.2) is 4.98 Å². The average Bonchev–Trinajstić information content (AvgIpc) is 2.43. The number of fused-ring (bicyclic) bond motifs is 1. The summed E-state index contributed by atoms with van der Waals surface area (Å²) in [6.45, 7) is 2.02. The van der Waals surface area contributed by atoms with Crippen molar-refractivity contribution in [2.45, 2.75) is 13.3 Å². The lowest BCUT2D eigenvalue weighted by atomic mass is 10.1. The van der Waals surface area contributed by atoms with Crippen LogP contribution >= 0.6 is 0 Å². The highest BCUT2D eigenvalue weighted by Gasteiger charge is 2.01. The number of para-hydroxylation sites is 1. The molecule has 0 spiro atoms. The molecule has 0 bridgehead atoms. The van der Waals surface area contributed by atoms with Gasteiger partial charge in [0.2, 0.25) is 0 Å². The molecule has 0 unspecified atom stereocenters. The summed E-state index contributed by atoms with van der Waals surface area (Å²) in [5, 5.41) is 1.18. The molecule has 2 aromatic carbocycles. The van der Waals surface area contributed by atoms with Crippen LogP contribution in [-0.2, 0) is 6.42 Å². The van der Waals surface area contributed by atoms with Crippen molar-refractivity contribution in [2.24, 2.45) is 0 Å². The van der Waals surface area contributed by atoms with Crippen LogP contribution in [0.25, 0.3) is 10.9 Å². The van der Waals surface area contributed by atoms with Gasteiger partial charge in [0.05, 0.1) is 5.52 Å². The smallest absolute Gasteiger partial charge is 0.0705 e. The number of pyridine rings is 1. The van der Waals surface area contributed by atoms with E-state index in [9.17, 15) is 0 Å². The van der Waals surface area contributed by atoms with E-state index in [1.54, 1.807) is 0 Å². The maximum absolute atomic E-state index is 5.94. The predicted octanol–water partition coefficient (Wildman–Crippen LogP) is 3.72. The Kier molecular flexibility index (Phi) is 2.92. The molecule has 2 nitrogen and oxygen atoms in total. The van der Waals surface area contributed by atoms with Gasteiger partial charge in [0.25, 0.3) is 0 Å². The Morgan fingerprint density at radius 3 is 2.68 bits per heavy atom. The topological polar surface area (TPSA) is 38.9 Å². The summed E-state index contributed by atoms with van der Waals surface area (Å²) in [6, 6.07) is 18.6. The van der Waals surface area contributed by atoms with Crippen LogP contribution in [0.5, 0.6) is 0 Å². The van der Waals surface area contributed by atoms with Crippen LogP contribution in [0.3, 0.4) is 0 Å². The lowest BCUT2D eigenvalue weighted by Gasteiger charge is -2.06. The van der Waals surface area contributed by atoms with E-state index in [2.05, 4.69) is 35.3 Å². The third-order valence-corrected chi connectivity index (χ3v) is 3.38. The van der Waals surface area contributed by atoms with Crippen LogP contribution in [0.2, 0.25) is 0 Å². The Hall–Kier alpha value is -2.35. The van der Waals surface area contributed by atoms with Gasteiger partial charge in [0.15, 0.2) is 0 Å². The number of hydrogen-bond donors (Lipinski definition) is 1. The van der Waals surface area contributed by atoms with E-state index in [0.29, 0.717) is 0 Å². The summed E-state index contributed by atoms with van der Waals surface area (Å²) in [7, 11) is 0. The zero-order valence-corrected chi connectivity index (χ0v) is 10.9. The molecule has 3 aromatic rings. The van der Waals surface area contributed by atoms with E-state index in [0.717, 1.165) is 28.9 Å². The van der Waals surface area contributed by atoms with Gasteiger partial charge in [-0.05, 0) is 36.2 Å². The fourth-order valence-electron chi connectivity index (χ4n) is 2.22. The van der Waals surface area contributed by atoms with Gasteiger partial charge in [-0.2, -0.15) is 0 Å². The van der Waals surface area contributed by atoms with Crippen LogP contribution in [0.15, 0.2) is 54.6 Å². The molecule has 0 saturated carbocycles. The quantitative estimate of drug-likeness (QED) is 0.702. The number of nitrogens with two attached hydrogens (primary N) is 1. The van der Waals surface area contributed by atoms with E-state index in [1.165, 1.54) is 10.9 Å². The second-order valence-electron chi connectivity index (χ2n) is 4.86. The molecule has 2 N–H and O–H groups in total. The van der Waals surface area contributed by atoms with Crippen LogP contribution in [0.1, 0.15) is 16.8 Å². The molecule has 0 radical (unpaired) electrons. The monoisotopic (exact) mass is 248 g/mol. The summed E-state index contributed by atoms with van der Waals surface area (Å²) < 4.78 is 0. The van der Waals surface area contributed by atoms with Gasteiger partial charge < -0.3 is 5.73 Å². The van der Waals surface area contributed by atoms with Gasteiger partial charge in [-0.25, -0.2) is 0 Å². The fraction of sp³-hybridized carbons (Fsp3) is 0.118. The van der Waals surface area contributed by atoms with Crippen molar-refractivity contribution in [3.05, 3.63) is 71.4 Å². The Labute approximate surface area is 112 Å². The van der Waals surface area contributed by atoms with Crippen molar-refractivity contribution in [1.29, 1.82) is 0 Å². The zero-order valence-electron chi connectivity index (χ0n) is 10.9. The maximum Gasteiger partial charge on any atom is 0.0705 e. The second-order valence-corrected chi connectivity index (χ2v) is 4.86.